The van der Waals surface area contributed by atoms with Crippen molar-refractivity contribution < 1.29 is 59.9 Å². The van der Waals surface area contributed by atoms with Crippen LogP contribution in [-0.4, -0.2) is 70.2 Å². The van der Waals surface area contributed by atoms with E-state index in [0.29, 0.717) is 37.0 Å². The van der Waals surface area contributed by atoms with Crippen LogP contribution in [0.2, 0.25) is 0 Å². The predicted octanol–water partition coefficient (Wildman–Crippen LogP) is 10.3. The molecule has 53 heavy (non-hydrogen) atoms. The van der Waals surface area contributed by atoms with Crippen LogP contribution in [0.5, 0.6) is 0 Å². The number of rotatable bonds is 14. The largest absolute Gasteiger partial charge is 0.481 e. The molecular weight excluding hydrogens is 839 g/mol. The average Bonchev–Trinajstić information content (AvgIpc) is 2.98. The molecule has 0 rings (SSSR count). The van der Waals surface area contributed by atoms with Gasteiger partial charge in [0.1, 0.15) is 0 Å². The number of carboxylic acids is 1. The first-order valence-electron chi connectivity index (χ1n) is 14.9. The molecule has 0 aromatic heterocycles. The van der Waals surface area contributed by atoms with Gasteiger partial charge in [-0.25, -0.2) is 31.2 Å². The summed E-state index contributed by atoms with van der Waals surface area (Å²) in [6.07, 6.45) is 2.73. The molecule has 0 radical (unpaired) electrons. The first-order chi connectivity index (χ1) is 22.6. The molecule has 0 saturated carbocycles. The minimum Gasteiger partial charge on any atom is -0.481 e. The first kappa shape index (κ1) is 72.7. The summed E-state index contributed by atoms with van der Waals surface area (Å²) in [6, 6.07) is 0. The molecule has 0 aliphatic rings. The van der Waals surface area contributed by atoms with E-state index >= 15 is 0 Å². The monoisotopic (exact) mass is 904 g/mol. The van der Waals surface area contributed by atoms with Crippen molar-refractivity contribution in [3.05, 3.63) is 31.4 Å². The van der Waals surface area contributed by atoms with E-state index in [9.17, 15) is 27.0 Å². The summed E-state index contributed by atoms with van der Waals surface area (Å²) in [5.74, 6) is -2.16. The van der Waals surface area contributed by atoms with Crippen molar-refractivity contribution in [2.75, 3.05) is 19.8 Å². The van der Waals surface area contributed by atoms with Gasteiger partial charge in [0.25, 0.3) is 15.0 Å². The maximum Gasteiger partial charge on any atom is 0.335 e. The van der Waals surface area contributed by atoms with E-state index in [1.807, 2.05) is 13.8 Å². The van der Waals surface area contributed by atoms with Crippen LogP contribution in [0.1, 0.15) is 137 Å². The number of aliphatic carboxylic acids is 1. The second-order valence-electron chi connectivity index (χ2n) is 8.40. The van der Waals surface area contributed by atoms with Gasteiger partial charge in [-0.05, 0) is 64.2 Å². The quantitative estimate of drug-likeness (QED) is 0.0371. The molecule has 0 aliphatic carbocycles. The van der Waals surface area contributed by atoms with Crippen LogP contribution in [0.3, 0.4) is 0 Å². The third kappa shape index (κ3) is 41.5. The molecule has 13 nitrogen and oxygen atoms in total. The van der Waals surface area contributed by atoms with Crippen molar-refractivity contribution in [1.82, 2.24) is 0 Å². The predicted molar refractivity (Wildman–Crippen MR) is 227 cm³/mol. The molecule has 322 valence electrons. The number of halogens is 3. The Hall–Kier alpha value is -1.47. The number of thiol groups is 1. The van der Waals surface area contributed by atoms with E-state index in [-0.39, 0.29) is 77.1 Å². The van der Waals surface area contributed by atoms with Crippen LogP contribution in [0, 0.1) is 0 Å². The standard InChI is InChI=1S/C9H15ClO4S.C9H16O4S.C9H16O2S.C2H4O2.4CH4.Cl2OS/c1-4-7(9(11)14-6-3)8(5-2)15(10,12)13;1-4-7(9(10)13-6-3)8(5-2)14(11)12;1-4-7(8(12)5-2)9(10)11-6-3;1-2(3)4;;;;;1-4(2)3/h4-6H2,1-3H3;4-6H2,1-3H3,(H,11,12);12H,4-6H2,1-3H3;1H3,(H,3,4);4*1H4;/b3*8-7-;;;;;;. The summed E-state index contributed by atoms with van der Waals surface area (Å²) < 4.78 is 65.7. The van der Waals surface area contributed by atoms with Gasteiger partial charge in [0.2, 0.25) is 9.23 Å². The summed E-state index contributed by atoms with van der Waals surface area (Å²) in [6.45, 7) is 17.9. The van der Waals surface area contributed by atoms with Gasteiger partial charge in [-0.3, -0.25) is 4.79 Å². The van der Waals surface area contributed by atoms with E-state index in [1.54, 1.807) is 48.5 Å². The fourth-order valence-corrected chi connectivity index (χ4v) is 5.63. The van der Waals surface area contributed by atoms with Crippen LogP contribution in [0.25, 0.3) is 0 Å². The maximum atomic E-state index is 11.4. The number of ether oxygens (including phenoxy) is 3. The zero-order valence-corrected chi connectivity index (χ0v) is 35.2. The van der Waals surface area contributed by atoms with Gasteiger partial charge < -0.3 is 23.9 Å². The van der Waals surface area contributed by atoms with Gasteiger partial charge in [0.15, 0.2) is 11.1 Å². The molecule has 1 unspecified atom stereocenters. The minimum absolute atomic E-state index is 0. The van der Waals surface area contributed by atoms with Crippen LogP contribution < -0.4 is 0 Å². The minimum atomic E-state index is -3.84. The van der Waals surface area contributed by atoms with Crippen LogP contribution in [0.15, 0.2) is 31.4 Å². The molecular formula is C33H67Cl3O13S4. The second-order valence-corrected chi connectivity index (χ2v) is 15.0. The number of allylic oxidation sites excluding steroid dienone is 3. The number of hydrogen-bond acceptors (Lipinski definition) is 12. The van der Waals surface area contributed by atoms with Gasteiger partial charge in [0, 0.05) is 44.5 Å². The number of carboxylic acid groups (broad SMARTS) is 1. The number of esters is 3. The average molecular weight is 907 g/mol. The van der Waals surface area contributed by atoms with E-state index in [2.05, 4.69) is 34.0 Å². The summed E-state index contributed by atoms with van der Waals surface area (Å²) in [4.78, 5) is 44.1. The van der Waals surface area contributed by atoms with Gasteiger partial charge >= 0.3 is 17.9 Å². The fourth-order valence-electron chi connectivity index (χ4n) is 3.22. The lowest BCUT2D eigenvalue weighted by Crippen LogP contribution is -2.12. The molecule has 20 heteroatoms. The Morgan fingerprint density at radius 2 is 0.906 bits per heavy atom. The van der Waals surface area contributed by atoms with Crippen LogP contribution in [0.4, 0.5) is 0 Å². The molecule has 0 aromatic rings. The topological polar surface area (TPSA) is 205 Å². The highest BCUT2D eigenvalue weighted by Crippen LogP contribution is 2.23. The van der Waals surface area contributed by atoms with Gasteiger partial charge in [0.05, 0.1) is 40.8 Å². The lowest BCUT2D eigenvalue weighted by molar-refractivity contribution is -0.139. The normalized spacial score (nSPS) is 11.5. The molecule has 0 fully saturated rings. The molecule has 0 aliphatic heterocycles. The zero-order chi connectivity index (χ0) is 39.9. The SMILES string of the molecule is C.C.C.C.CC(=O)O.CCOC(=O)/C(CC)=C(/CC)S(=O)(=O)Cl.CCOC(=O)/C(CC)=C(/CC)S(=O)O.CCOC(=O)/C(CC)=C(\S)CC.O=S(Cl)Cl. The van der Waals surface area contributed by atoms with Gasteiger partial charge in [-0.1, -0.05) is 71.2 Å². The maximum absolute atomic E-state index is 11.4. The van der Waals surface area contributed by atoms with Crippen molar-refractivity contribution in [3.8, 4) is 0 Å². The Bertz CT molecular complexity index is 1250. The zero-order valence-electron chi connectivity index (χ0n) is 29.6. The smallest absolute Gasteiger partial charge is 0.335 e. The van der Waals surface area contributed by atoms with Gasteiger partial charge in [-0.2, -0.15) is 0 Å². The summed E-state index contributed by atoms with van der Waals surface area (Å²) in [5, 5.41) is 7.42. The van der Waals surface area contributed by atoms with Crippen molar-refractivity contribution in [2.24, 2.45) is 0 Å². The molecule has 0 spiro atoms. The van der Waals surface area contributed by atoms with Crippen molar-refractivity contribution in [3.63, 3.8) is 0 Å². The first-order valence-corrected chi connectivity index (χ1v) is 21.6. The lowest BCUT2D eigenvalue weighted by Gasteiger charge is -2.08. The Morgan fingerprint density at radius 1 is 0.623 bits per heavy atom. The molecule has 0 saturated heterocycles. The molecule has 0 heterocycles. The molecule has 0 bridgehead atoms. The number of carbonyl (C=O) groups is 4. The Morgan fingerprint density at radius 3 is 1.09 bits per heavy atom. The van der Waals surface area contributed by atoms with E-state index in [0.717, 1.165) is 18.2 Å². The number of carbonyl (C=O) groups excluding carboxylic acids is 3. The molecule has 0 aromatic carbocycles. The summed E-state index contributed by atoms with van der Waals surface area (Å²) >= 11 is 2.14. The van der Waals surface area contributed by atoms with Crippen molar-refractivity contribution in [1.29, 1.82) is 0 Å². The number of hydrogen-bond donors (Lipinski definition) is 3. The Balaban J connectivity index is -0.0000000687. The highest BCUT2D eigenvalue weighted by atomic mass is 36.0. The second kappa shape index (κ2) is 44.9. The third-order valence-corrected chi connectivity index (χ3v) is 8.36. The van der Waals surface area contributed by atoms with E-state index in [4.69, 9.17) is 43.6 Å². The van der Waals surface area contributed by atoms with Crippen molar-refractivity contribution >= 4 is 97.9 Å². The summed E-state index contributed by atoms with van der Waals surface area (Å²) in [7, 11) is 8.74. The van der Waals surface area contributed by atoms with Gasteiger partial charge in [-0.15, -0.1) is 12.6 Å². The van der Waals surface area contributed by atoms with Crippen LogP contribution in [-0.2, 0) is 62.7 Å². The highest BCUT2D eigenvalue weighted by Gasteiger charge is 2.22. The van der Waals surface area contributed by atoms with Crippen LogP contribution >= 0.6 is 44.7 Å². The lowest BCUT2D eigenvalue weighted by atomic mass is 10.2. The molecule has 2 N–H and O–H groups in total. The van der Waals surface area contributed by atoms with E-state index in [1.165, 1.54) is 0 Å². The highest BCUT2D eigenvalue weighted by molar-refractivity contribution is 8.26. The third-order valence-electron chi connectivity index (χ3n) is 5.13. The Labute approximate surface area is 344 Å². The summed E-state index contributed by atoms with van der Waals surface area (Å²) in [5.41, 5.74) is 1.15. The van der Waals surface area contributed by atoms with Crippen molar-refractivity contribution in [2.45, 2.75) is 137 Å². The van der Waals surface area contributed by atoms with E-state index < -0.39 is 47.3 Å². The Kier molecular flexibility index (Phi) is 61.7. The fraction of sp³-hybridized carbons (Fsp3) is 0.697. The molecule has 1 atom stereocenters. The molecule has 0 amide bonds.